The number of hydrogen-bond donors (Lipinski definition) is 2. The number of aliphatic hydroxyl groups excluding tert-OH is 1. The van der Waals surface area contributed by atoms with Crippen LogP contribution in [-0.2, 0) is 0 Å². The highest BCUT2D eigenvalue weighted by Crippen LogP contribution is 2.26. The van der Waals surface area contributed by atoms with Crippen molar-refractivity contribution in [3.8, 4) is 5.75 Å². The average Bonchev–Trinajstić information content (AvgIpc) is 2.45. The first-order valence-corrected chi connectivity index (χ1v) is 8.26. The van der Waals surface area contributed by atoms with E-state index in [9.17, 15) is 5.11 Å². The number of ether oxygens (including phenoxy) is 1. The smallest absolute Gasteiger partial charge is 0.124 e. The Bertz CT molecular complexity index is 425. The SMILES string of the molecule is COc1ccc(C)cc1C(O)CNC1CCCCCCC1. The Morgan fingerprint density at radius 2 is 1.86 bits per heavy atom. The molecule has 1 aromatic carbocycles. The van der Waals surface area contributed by atoms with E-state index in [1.54, 1.807) is 7.11 Å². The fourth-order valence-corrected chi connectivity index (χ4v) is 3.16. The molecule has 1 fully saturated rings. The molecule has 0 heterocycles. The summed E-state index contributed by atoms with van der Waals surface area (Å²) in [7, 11) is 1.66. The van der Waals surface area contributed by atoms with Crippen molar-refractivity contribution in [2.45, 2.75) is 64.0 Å². The molecule has 1 aliphatic rings. The van der Waals surface area contributed by atoms with Crippen LogP contribution in [0.15, 0.2) is 18.2 Å². The monoisotopic (exact) mass is 291 g/mol. The van der Waals surface area contributed by atoms with Gasteiger partial charge < -0.3 is 15.2 Å². The summed E-state index contributed by atoms with van der Waals surface area (Å²) in [6.45, 7) is 2.64. The van der Waals surface area contributed by atoms with Crippen molar-refractivity contribution in [1.82, 2.24) is 5.32 Å². The minimum absolute atomic E-state index is 0.509. The molecule has 118 valence electrons. The first-order chi connectivity index (χ1) is 10.2. The van der Waals surface area contributed by atoms with Gasteiger partial charge in [0.15, 0.2) is 0 Å². The van der Waals surface area contributed by atoms with Crippen LogP contribution in [0.4, 0.5) is 0 Å². The predicted octanol–water partition coefficient (Wildman–Crippen LogP) is 3.74. The molecule has 3 nitrogen and oxygen atoms in total. The third kappa shape index (κ3) is 5.01. The summed E-state index contributed by atoms with van der Waals surface area (Å²) in [5.74, 6) is 0.771. The maximum atomic E-state index is 10.5. The van der Waals surface area contributed by atoms with Gasteiger partial charge in [0.1, 0.15) is 5.75 Å². The summed E-state index contributed by atoms with van der Waals surface area (Å²) in [6.07, 6.45) is 8.66. The molecule has 0 spiro atoms. The molecule has 3 heteroatoms. The van der Waals surface area contributed by atoms with Crippen LogP contribution in [0.5, 0.6) is 5.75 Å². The van der Waals surface area contributed by atoms with Gasteiger partial charge in [-0.15, -0.1) is 0 Å². The molecule has 1 saturated carbocycles. The number of methoxy groups -OCH3 is 1. The normalized spacial score (nSPS) is 18.8. The number of aryl methyl sites for hydroxylation is 1. The first-order valence-electron chi connectivity index (χ1n) is 8.26. The second kappa shape index (κ2) is 8.40. The zero-order chi connectivity index (χ0) is 15.1. The lowest BCUT2D eigenvalue weighted by molar-refractivity contribution is 0.163. The molecular formula is C18H29NO2. The standard InChI is InChI=1S/C18H29NO2/c1-14-10-11-18(21-2)16(12-14)17(20)13-19-15-8-6-4-3-5-7-9-15/h10-12,15,17,19-20H,3-9,13H2,1-2H3. The Morgan fingerprint density at radius 3 is 2.52 bits per heavy atom. The molecule has 1 aliphatic carbocycles. The van der Waals surface area contributed by atoms with Crippen LogP contribution in [0, 0.1) is 6.92 Å². The summed E-state index contributed by atoms with van der Waals surface area (Å²) >= 11 is 0. The maximum absolute atomic E-state index is 10.5. The van der Waals surface area contributed by atoms with Gasteiger partial charge in [-0.2, -0.15) is 0 Å². The highest BCUT2D eigenvalue weighted by atomic mass is 16.5. The third-order valence-electron chi connectivity index (χ3n) is 4.45. The van der Waals surface area contributed by atoms with E-state index in [4.69, 9.17) is 4.74 Å². The summed E-state index contributed by atoms with van der Waals surface area (Å²) < 4.78 is 5.36. The van der Waals surface area contributed by atoms with Crippen LogP contribution in [0.3, 0.4) is 0 Å². The van der Waals surface area contributed by atoms with Crippen molar-refractivity contribution in [2.75, 3.05) is 13.7 Å². The molecule has 2 rings (SSSR count). The fraction of sp³-hybridized carbons (Fsp3) is 0.667. The maximum Gasteiger partial charge on any atom is 0.124 e. The number of nitrogens with one attached hydrogen (secondary N) is 1. The van der Waals surface area contributed by atoms with Gasteiger partial charge in [-0.25, -0.2) is 0 Å². The molecule has 2 N–H and O–H groups in total. The van der Waals surface area contributed by atoms with Crippen molar-refractivity contribution in [2.24, 2.45) is 0 Å². The van der Waals surface area contributed by atoms with E-state index in [1.807, 2.05) is 25.1 Å². The summed E-state index contributed by atoms with van der Waals surface area (Å²) in [4.78, 5) is 0. The summed E-state index contributed by atoms with van der Waals surface area (Å²) in [6, 6.07) is 6.51. The lowest BCUT2D eigenvalue weighted by Crippen LogP contribution is -2.33. The average molecular weight is 291 g/mol. The van der Waals surface area contributed by atoms with Gasteiger partial charge in [0.2, 0.25) is 0 Å². The zero-order valence-electron chi connectivity index (χ0n) is 13.4. The third-order valence-corrected chi connectivity index (χ3v) is 4.45. The molecule has 0 aromatic heterocycles. The molecule has 0 amide bonds. The van der Waals surface area contributed by atoms with E-state index >= 15 is 0 Å². The second-order valence-corrected chi connectivity index (χ2v) is 6.21. The Hall–Kier alpha value is -1.06. The molecule has 21 heavy (non-hydrogen) atoms. The van der Waals surface area contributed by atoms with E-state index in [0.717, 1.165) is 16.9 Å². The minimum Gasteiger partial charge on any atom is -0.496 e. The second-order valence-electron chi connectivity index (χ2n) is 6.21. The van der Waals surface area contributed by atoms with Crippen molar-refractivity contribution in [1.29, 1.82) is 0 Å². The molecule has 0 bridgehead atoms. The van der Waals surface area contributed by atoms with E-state index in [0.29, 0.717) is 12.6 Å². The largest absolute Gasteiger partial charge is 0.496 e. The van der Waals surface area contributed by atoms with Crippen molar-refractivity contribution >= 4 is 0 Å². The van der Waals surface area contributed by atoms with Gasteiger partial charge in [-0.1, -0.05) is 43.7 Å². The van der Waals surface area contributed by atoms with E-state index < -0.39 is 6.10 Å². The van der Waals surface area contributed by atoms with E-state index in [2.05, 4.69) is 5.32 Å². The molecule has 0 aliphatic heterocycles. The van der Waals surface area contributed by atoms with Gasteiger partial charge in [0.05, 0.1) is 13.2 Å². The Labute approximate surface area is 128 Å². The quantitative estimate of drug-likeness (QED) is 0.868. The molecule has 1 unspecified atom stereocenters. The van der Waals surface area contributed by atoms with Crippen molar-refractivity contribution in [3.05, 3.63) is 29.3 Å². The molecule has 1 atom stereocenters. The lowest BCUT2D eigenvalue weighted by atomic mass is 9.96. The summed E-state index contributed by atoms with van der Waals surface area (Å²) in [5, 5.41) is 14.0. The van der Waals surface area contributed by atoms with Gasteiger partial charge in [-0.05, 0) is 31.9 Å². The van der Waals surface area contributed by atoms with E-state index in [-0.39, 0.29) is 0 Å². The van der Waals surface area contributed by atoms with Crippen LogP contribution in [0.25, 0.3) is 0 Å². The molecular weight excluding hydrogens is 262 g/mol. The van der Waals surface area contributed by atoms with Crippen molar-refractivity contribution < 1.29 is 9.84 Å². The van der Waals surface area contributed by atoms with Gasteiger partial charge in [0, 0.05) is 18.2 Å². The van der Waals surface area contributed by atoms with Crippen LogP contribution >= 0.6 is 0 Å². The highest BCUT2D eigenvalue weighted by Gasteiger charge is 2.16. The Morgan fingerprint density at radius 1 is 1.19 bits per heavy atom. The van der Waals surface area contributed by atoms with Crippen LogP contribution in [-0.4, -0.2) is 24.8 Å². The topological polar surface area (TPSA) is 41.5 Å². The first kappa shape index (κ1) is 16.3. The highest BCUT2D eigenvalue weighted by molar-refractivity contribution is 5.38. The van der Waals surface area contributed by atoms with E-state index in [1.165, 1.54) is 44.9 Å². The number of aliphatic hydroxyl groups is 1. The van der Waals surface area contributed by atoms with Crippen LogP contribution in [0.1, 0.15) is 62.2 Å². The van der Waals surface area contributed by atoms with Gasteiger partial charge >= 0.3 is 0 Å². The molecule has 0 radical (unpaired) electrons. The summed E-state index contributed by atoms with van der Waals surface area (Å²) in [5.41, 5.74) is 2.03. The molecule has 1 aromatic rings. The fourth-order valence-electron chi connectivity index (χ4n) is 3.16. The predicted molar refractivity (Wildman–Crippen MR) is 86.8 cm³/mol. The van der Waals surface area contributed by atoms with Gasteiger partial charge in [-0.3, -0.25) is 0 Å². The zero-order valence-corrected chi connectivity index (χ0v) is 13.4. The number of benzene rings is 1. The van der Waals surface area contributed by atoms with Crippen LogP contribution < -0.4 is 10.1 Å². The Balaban J connectivity index is 1.91. The number of rotatable bonds is 5. The van der Waals surface area contributed by atoms with Crippen LogP contribution in [0.2, 0.25) is 0 Å². The lowest BCUT2D eigenvalue weighted by Gasteiger charge is -2.23. The van der Waals surface area contributed by atoms with Crippen molar-refractivity contribution in [3.63, 3.8) is 0 Å². The number of hydrogen-bond acceptors (Lipinski definition) is 3. The van der Waals surface area contributed by atoms with Gasteiger partial charge in [0.25, 0.3) is 0 Å². The Kier molecular flexibility index (Phi) is 6.52. The minimum atomic E-state index is -0.509. The molecule has 0 saturated heterocycles.